The molecule has 5 aromatic carbocycles. The molecule has 326 valence electrons. The van der Waals surface area contributed by atoms with Crippen LogP contribution in [-0.4, -0.2) is 0 Å². The summed E-state index contributed by atoms with van der Waals surface area (Å²) in [4.78, 5) is 0. The van der Waals surface area contributed by atoms with Crippen molar-refractivity contribution in [2.75, 3.05) is 0 Å². The normalized spacial score (nSPS) is 21.0. The molecule has 5 aliphatic carbocycles. The summed E-state index contributed by atoms with van der Waals surface area (Å²) in [5.74, 6) is 2.40. The summed E-state index contributed by atoms with van der Waals surface area (Å²) in [6, 6.07) is 46.5. The van der Waals surface area contributed by atoms with Crippen molar-refractivity contribution in [1.29, 1.82) is 0 Å². The van der Waals surface area contributed by atoms with Crippen LogP contribution in [0.25, 0.3) is 22.8 Å². The van der Waals surface area contributed by atoms with Crippen LogP contribution in [0.4, 0.5) is 0 Å². The Bertz CT molecular complexity index is 2890. The van der Waals surface area contributed by atoms with Gasteiger partial charge in [0.1, 0.15) is 0 Å². The minimum Gasteiger partial charge on any atom is -0.120 e. The summed E-state index contributed by atoms with van der Waals surface area (Å²) in [5, 5.41) is 4.22. The number of hydrogen-bond acceptors (Lipinski definition) is 0. The summed E-state index contributed by atoms with van der Waals surface area (Å²) in [5.41, 5.74) is 20.9. The molecule has 0 saturated carbocycles. The molecule has 3 unspecified atom stereocenters. The molecule has 0 radical (unpaired) electrons. The molecule has 10 rings (SSSR count). The highest BCUT2D eigenvalue weighted by Crippen LogP contribution is 2.63. The zero-order chi connectivity index (χ0) is 46.3. The molecule has 1 heteroatoms. The Morgan fingerprint density at radius 2 is 1.34 bits per heavy atom. The van der Waals surface area contributed by atoms with Gasteiger partial charge in [-0.1, -0.05) is 190 Å². The van der Waals surface area contributed by atoms with Crippen LogP contribution in [0, 0.1) is 12.3 Å². The molecule has 0 nitrogen and oxygen atoms in total. The predicted molar refractivity (Wildman–Crippen MR) is 288 cm³/mol. The van der Waals surface area contributed by atoms with Crippen molar-refractivity contribution in [1.82, 2.24) is 0 Å². The molecule has 3 atom stereocenters. The van der Waals surface area contributed by atoms with Crippen LogP contribution >= 0.6 is 7.92 Å². The molecule has 0 heterocycles. The third kappa shape index (κ3) is 7.59. The highest BCUT2D eigenvalue weighted by Gasteiger charge is 2.52. The quantitative estimate of drug-likeness (QED) is 0.0906. The van der Waals surface area contributed by atoms with E-state index in [-0.39, 0.29) is 10.8 Å². The van der Waals surface area contributed by atoms with Gasteiger partial charge in [-0.3, -0.25) is 0 Å². The maximum atomic E-state index is 4.82. The molecular formula is C64H65P. The van der Waals surface area contributed by atoms with Crippen molar-refractivity contribution in [3.63, 3.8) is 0 Å². The Hall–Kier alpha value is -6.25. The summed E-state index contributed by atoms with van der Waals surface area (Å²) >= 11 is 0. The van der Waals surface area contributed by atoms with Gasteiger partial charge in [0.2, 0.25) is 0 Å². The molecule has 5 aromatic rings. The van der Waals surface area contributed by atoms with Crippen molar-refractivity contribution in [2.24, 2.45) is 0 Å². The smallest absolute Gasteiger partial charge is 0.0676 e. The third-order valence-corrected chi connectivity index (χ3v) is 16.1. The molecule has 0 amide bonds. The summed E-state index contributed by atoms with van der Waals surface area (Å²) in [6.07, 6.45) is 26.6. The molecule has 65 heavy (non-hydrogen) atoms. The summed E-state index contributed by atoms with van der Waals surface area (Å²) < 4.78 is 0. The lowest BCUT2D eigenvalue weighted by atomic mass is 9.68. The SMILES string of the molecule is C#CCC=C.C/C=C\C1=C(CC)C2(C(C)=C(C)c3ccc(P(C4=C/C5=C(CC/C=C\4)c4ccccc4C54C(C)=Cc5ccccc54)c4ccccc4)cc32)c2ccccc21.C=CC.CC. The van der Waals surface area contributed by atoms with E-state index < -0.39 is 7.92 Å². The lowest BCUT2D eigenvalue weighted by Crippen LogP contribution is -2.29. The van der Waals surface area contributed by atoms with Gasteiger partial charge in [-0.05, 0) is 162 Å². The van der Waals surface area contributed by atoms with Crippen molar-refractivity contribution in [3.05, 3.63) is 249 Å². The maximum Gasteiger partial charge on any atom is 0.0676 e. The van der Waals surface area contributed by atoms with Gasteiger partial charge in [0.05, 0.1) is 10.8 Å². The van der Waals surface area contributed by atoms with Crippen molar-refractivity contribution in [3.8, 4) is 12.3 Å². The number of rotatable bonds is 6. The van der Waals surface area contributed by atoms with Gasteiger partial charge >= 0.3 is 0 Å². The second-order valence-corrected chi connectivity index (χ2v) is 19.1. The van der Waals surface area contributed by atoms with Crippen molar-refractivity contribution < 1.29 is 0 Å². The molecule has 0 aliphatic heterocycles. The lowest BCUT2D eigenvalue weighted by Gasteiger charge is -2.35. The predicted octanol–water partition coefficient (Wildman–Crippen LogP) is 16.8. The average Bonchev–Trinajstić information content (AvgIpc) is 3.96. The first-order valence-electron chi connectivity index (χ1n) is 23.5. The zero-order valence-electron chi connectivity index (χ0n) is 39.9. The number of allylic oxidation sites excluding steroid dienone is 15. The minimum absolute atomic E-state index is 0.263. The Morgan fingerprint density at radius 3 is 1.98 bits per heavy atom. The van der Waals surface area contributed by atoms with Gasteiger partial charge in [0, 0.05) is 6.42 Å². The molecule has 0 saturated heterocycles. The monoisotopic (exact) mass is 864 g/mol. The van der Waals surface area contributed by atoms with Crippen LogP contribution in [0.3, 0.4) is 0 Å². The fourth-order valence-electron chi connectivity index (χ4n) is 11.3. The van der Waals surface area contributed by atoms with Crippen LogP contribution in [0.5, 0.6) is 0 Å². The molecule has 0 N–H and O–H groups in total. The number of hydrogen-bond donors (Lipinski definition) is 0. The third-order valence-electron chi connectivity index (χ3n) is 13.7. The van der Waals surface area contributed by atoms with E-state index in [0.717, 1.165) is 19.3 Å². The van der Waals surface area contributed by atoms with E-state index in [1.165, 1.54) is 99.4 Å². The van der Waals surface area contributed by atoms with Crippen LogP contribution in [-0.2, 0) is 10.8 Å². The van der Waals surface area contributed by atoms with Crippen LogP contribution in [0.15, 0.2) is 205 Å². The number of benzene rings is 5. The lowest BCUT2D eigenvalue weighted by molar-refractivity contribution is 0.711. The highest BCUT2D eigenvalue weighted by molar-refractivity contribution is 7.77. The van der Waals surface area contributed by atoms with Crippen LogP contribution in [0.1, 0.15) is 126 Å². The van der Waals surface area contributed by atoms with Gasteiger partial charge < -0.3 is 0 Å². The van der Waals surface area contributed by atoms with E-state index in [0.29, 0.717) is 6.42 Å². The van der Waals surface area contributed by atoms with E-state index in [2.05, 4.69) is 211 Å². The fraction of sp³-hybridized carbons (Fsp3) is 0.219. The molecule has 0 bridgehead atoms. The van der Waals surface area contributed by atoms with Gasteiger partial charge in [0.25, 0.3) is 0 Å². The van der Waals surface area contributed by atoms with Crippen molar-refractivity contribution in [2.45, 2.75) is 91.9 Å². The first-order chi connectivity index (χ1) is 31.8. The Morgan fingerprint density at radius 1 is 0.708 bits per heavy atom. The van der Waals surface area contributed by atoms with E-state index in [9.17, 15) is 0 Å². The van der Waals surface area contributed by atoms with Crippen molar-refractivity contribution >= 4 is 41.3 Å². The Kier molecular flexibility index (Phi) is 14.6. The number of terminal acetylenes is 1. The highest BCUT2D eigenvalue weighted by atomic mass is 31.1. The summed E-state index contributed by atoms with van der Waals surface area (Å²) in [6.45, 7) is 24.3. The topological polar surface area (TPSA) is 0 Å². The minimum atomic E-state index is -0.908. The number of fused-ring (bicyclic) bond motifs is 10. The maximum absolute atomic E-state index is 4.82. The molecule has 5 aliphatic rings. The molecular weight excluding hydrogens is 800 g/mol. The standard InChI is InChI=1S/C54H47P.C5H6.C3H6.C2H6/c1-6-19-43-44-24-15-18-29-50(44)54(47(43)7-2)37(5)36(4)42-31-30-41(34-51(42)54)55(39-21-9-8-10-22-39)40-23-12-13-26-46-45-25-14-17-28-49(45)53(52(46)33-40)35(3)32-38-20-11-16-27-48(38)53;1-3-5-4-2;1-3-2;1-2/h6,8-12,14-25,27-34H,7,13,26H2,1-5H3;1,4H,2,5H2;3H,1H2,2H3;1-2H3/b19-6-,23-12-,40-33+;;;. The second kappa shape index (κ2) is 20.3. The second-order valence-electron chi connectivity index (χ2n) is 16.9. The first kappa shape index (κ1) is 46.7. The van der Waals surface area contributed by atoms with E-state index in [1.54, 1.807) is 12.2 Å². The van der Waals surface area contributed by atoms with E-state index >= 15 is 0 Å². The summed E-state index contributed by atoms with van der Waals surface area (Å²) in [7, 11) is -0.908. The Balaban J connectivity index is 0.000000578. The van der Waals surface area contributed by atoms with Gasteiger partial charge in [-0.25, -0.2) is 0 Å². The zero-order valence-corrected chi connectivity index (χ0v) is 40.8. The van der Waals surface area contributed by atoms with Gasteiger partial charge in [-0.15, -0.1) is 25.5 Å². The molecule has 0 fully saturated rings. The van der Waals surface area contributed by atoms with E-state index in [4.69, 9.17) is 6.42 Å². The average molecular weight is 865 g/mol. The fourth-order valence-corrected chi connectivity index (χ4v) is 13.6. The molecule has 0 aromatic heterocycles. The largest absolute Gasteiger partial charge is 0.120 e. The van der Waals surface area contributed by atoms with E-state index in [1.807, 2.05) is 20.8 Å². The first-order valence-corrected chi connectivity index (χ1v) is 24.9. The molecule has 2 spiro atoms. The van der Waals surface area contributed by atoms with Gasteiger partial charge in [-0.2, -0.15) is 0 Å². The van der Waals surface area contributed by atoms with Gasteiger partial charge in [0.15, 0.2) is 0 Å². The van der Waals surface area contributed by atoms with Crippen LogP contribution in [0.2, 0.25) is 0 Å². The van der Waals surface area contributed by atoms with Crippen LogP contribution < -0.4 is 10.6 Å². The Labute approximate surface area is 392 Å².